The molecule has 0 amide bonds. The molecule has 0 fully saturated rings. The number of hydrogen-bond donors (Lipinski definition) is 2. The van der Waals surface area contributed by atoms with Gasteiger partial charge in [0, 0.05) is 24.2 Å². The lowest BCUT2D eigenvalue weighted by molar-refractivity contribution is 0.509. The zero-order chi connectivity index (χ0) is 16.4. The highest BCUT2D eigenvalue weighted by Gasteiger charge is 2.22. The summed E-state index contributed by atoms with van der Waals surface area (Å²) in [6, 6.07) is 5.87. The van der Waals surface area contributed by atoms with Gasteiger partial charge in [-0.25, -0.2) is 15.0 Å². The quantitative estimate of drug-likeness (QED) is 0.694. The van der Waals surface area contributed by atoms with E-state index < -0.39 is 0 Å². The lowest BCUT2D eigenvalue weighted by Gasteiger charge is -2.18. The zero-order valence-electron chi connectivity index (χ0n) is 13.7. The number of aromatic nitrogens is 3. The normalized spacial score (nSPS) is 16.8. The van der Waals surface area contributed by atoms with Gasteiger partial charge in [0.1, 0.15) is 22.8 Å². The molecule has 1 atom stereocenters. The standard InChI is InChI=1S/C18H21N5S/c1-12-5-6-13-14(10-12)24-18-16(13)17(22-11-23-18)21-9-8-20-15-4-2-3-7-19-15/h2-4,7,11-12H,5-6,8-10H2,1H3,(H,19,20)(H,21,22,23)/t12-/m1/s1. The molecule has 0 aromatic carbocycles. The number of fused-ring (bicyclic) bond motifs is 3. The molecule has 0 aliphatic heterocycles. The second-order valence-corrected chi connectivity index (χ2v) is 7.41. The third-order valence-corrected chi connectivity index (χ3v) is 5.64. The van der Waals surface area contributed by atoms with Gasteiger partial charge >= 0.3 is 0 Å². The Kier molecular flexibility index (Phi) is 4.30. The highest BCUT2D eigenvalue weighted by molar-refractivity contribution is 7.19. The van der Waals surface area contributed by atoms with Gasteiger partial charge in [-0.1, -0.05) is 13.0 Å². The summed E-state index contributed by atoms with van der Waals surface area (Å²) in [6.45, 7) is 3.93. The van der Waals surface area contributed by atoms with Gasteiger partial charge in [0.15, 0.2) is 0 Å². The summed E-state index contributed by atoms with van der Waals surface area (Å²) >= 11 is 1.84. The van der Waals surface area contributed by atoms with Crippen molar-refractivity contribution < 1.29 is 0 Å². The molecule has 3 heterocycles. The van der Waals surface area contributed by atoms with Gasteiger partial charge in [-0.05, 0) is 42.9 Å². The van der Waals surface area contributed by atoms with Crippen LogP contribution in [0.4, 0.5) is 11.6 Å². The summed E-state index contributed by atoms with van der Waals surface area (Å²) in [5.74, 6) is 2.64. The fraction of sp³-hybridized carbons (Fsp3) is 0.389. The number of aryl methyl sites for hydroxylation is 1. The number of hydrogen-bond acceptors (Lipinski definition) is 6. The molecule has 0 unspecified atom stereocenters. The van der Waals surface area contributed by atoms with E-state index in [1.165, 1.54) is 28.7 Å². The number of anilines is 2. The molecule has 5 nitrogen and oxygen atoms in total. The van der Waals surface area contributed by atoms with Crippen molar-refractivity contribution in [3.8, 4) is 0 Å². The van der Waals surface area contributed by atoms with Crippen molar-refractivity contribution in [2.24, 2.45) is 5.92 Å². The summed E-state index contributed by atoms with van der Waals surface area (Å²) in [5.41, 5.74) is 1.47. The van der Waals surface area contributed by atoms with E-state index in [-0.39, 0.29) is 0 Å². The number of pyridine rings is 1. The van der Waals surface area contributed by atoms with Crippen LogP contribution in [-0.4, -0.2) is 28.0 Å². The van der Waals surface area contributed by atoms with Crippen LogP contribution in [-0.2, 0) is 12.8 Å². The third-order valence-electron chi connectivity index (χ3n) is 4.48. The van der Waals surface area contributed by atoms with Gasteiger partial charge in [0.2, 0.25) is 0 Å². The highest BCUT2D eigenvalue weighted by atomic mass is 32.1. The monoisotopic (exact) mass is 339 g/mol. The Morgan fingerprint density at radius 2 is 2.08 bits per heavy atom. The van der Waals surface area contributed by atoms with Crippen molar-refractivity contribution >= 4 is 33.2 Å². The minimum atomic E-state index is 0.775. The van der Waals surface area contributed by atoms with Crippen molar-refractivity contribution in [3.63, 3.8) is 0 Å². The first kappa shape index (κ1) is 15.3. The van der Waals surface area contributed by atoms with Crippen molar-refractivity contribution in [2.45, 2.75) is 26.2 Å². The van der Waals surface area contributed by atoms with E-state index in [4.69, 9.17) is 0 Å². The topological polar surface area (TPSA) is 62.7 Å². The van der Waals surface area contributed by atoms with Crippen LogP contribution in [0.25, 0.3) is 10.2 Å². The Morgan fingerprint density at radius 1 is 1.17 bits per heavy atom. The molecule has 3 aromatic rings. The predicted molar refractivity (Wildman–Crippen MR) is 99.8 cm³/mol. The van der Waals surface area contributed by atoms with Gasteiger partial charge in [-0.15, -0.1) is 11.3 Å². The molecule has 0 saturated carbocycles. The van der Waals surface area contributed by atoms with Gasteiger partial charge in [-0.2, -0.15) is 0 Å². The summed E-state index contributed by atoms with van der Waals surface area (Å²) < 4.78 is 0. The fourth-order valence-electron chi connectivity index (χ4n) is 3.25. The Balaban J connectivity index is 1.48. The fourth-order valence-corrected chi connectivity index (χ4v) is 4.60. The van der Waals surface area contributed by atoms with Crippen LogP contribution in [0, 0.1) is 5.92 Å². The smallest absolute Gasteiger partial charge is 0.138 e. The molecule has 1 aliphatic rings. The SMILES string of the molecule is C[C@@H]1CCc2c(sc3ncnc(NCCNc4ccccn4)c23)C1. The summed E-state index contributed by atoms with van der Waals surface area (Å²) in [4.78, 5) is 15.9. The van der Waals surface area contributed by atoms with Crippen molar-refractivity contribution in [2.75, 3.05) is 23.7 Å². The lowest BCUT2D eigenvalue weighted by Crippen LogP contribution is -2.15. The molecule has 124 valence electrons. The molecule has 4 rings (SSSR count). The van der Waals surface area contributed by atoms with Crippen LogP contribution in [0.15, 0.2) is 30.7 Å². The molecule has 24 heavy (non-hydrogen) atoms. The molecule has 3 aromatic heterocycles. The summed E-state index contributed by atoms with van der Waals surface area (Å²) in [5, 5.41) is 8.02. The van der Waals surface area contributed by atoms with Gasteiger partial charge in [-0.3, -0.25) is 0 Å². The first-order valence-corrected chi connectivity index (χ1v) is 9.27. The minimum absolute atomic E-state index is 0.775. The van der Waals surface area contributed by atoms with Crippen LogP contribution < -0.4 is 10.6 Å². The molecule has 2 N–H and O–H groups in total. The Labute approximate surface area is 145 Å². The molecule has 0 radical (unpaired) electrons. The van der Waals surface area contributed by atoms with Crippen molar-refractivity contribution in [3.05, 3.63) is 41.2 Å². The summed E-state index contributed by atoms with van der Waals surface area (Å²) in [7, 11) is 0. The lowest BCUT2D eigenvalue weighted by atomic mass is 9.89. The van der Waals surface area contributed by atoms with E-state index in [0.29, 0.717) is 0 Å². The van der Waals surface area contributed by atoms with E-state index in [9.17, 15) is 0 Å². The van der Waals surface area contributed by atoms with E-state index in [1.54, 1.807) is 12.5 Å². The van der Waals surface area contributed by atoms with Gasteiger partial charge < -0.3 is 10.6 Å². The predicted octanol–water partition coefficient (Wildman–Crippen LogP) is 3.74. The molecule has 0 saturated heterocycles. The van der Waals surface area contributed by atoms with Crippen molar-refractivity contribution in [1.82, 2.24) is 15.0 Å². The molecule has 0 spiro atoms. The number of nitrogens with one attached hydrogen (secondary N) is 2. The van der Waals surface area contributed by atoms with E-state index in [1.807, 2.05) is 29.5 Å². The second kappa shape index (κ2) is 6.73. The molecule has 0 bridgehead atoms. The maximum Gasteiger partial charge on any atom is 0.138 e. The molecular weight excluding hydrogens is 318 g/mol. The average molecular weight is 339 g/mol. The largest absolute Gasteiger partial charge is 0.368 e. The highest BCUT2D eigenvalue weighted by Crippen LogP contribution is 2.39. The van der Waals surface area contributed by atoms with Crippen LogP contribution in [0.2, 0.25) is 0 Å². The van der Waals surface area contributed by atoms with E-state index in [0.717, 1.165) is 41.9 Å². The third kappa shape index (κ3) is 3.06. The van der Waals surface area contributed by atoms with Crippen LogP contribution in [0.1, 0.15) is 23.8 Å². The first-order valence-electron chi connectivity index (χ1n) is 8.45. The number of nitrogens with zero attached hydrogens (tertiary/aromatic N) is 3. The van der Waals surface area contributed by atoms with Gasteiger partial charge in [0.25, 0.3) is 0 Å². The second-order valence-electron chi connectivity index (χ2n) is 6.32. The molecule has 1 aliphatic carbocycles. The number of thiophene rings is 1. The zero-order valence-corrected chi connectivity index (χ0v) is 14.6. The number of rotatable bonds is 5. The minimum Gasteiger partial charge on any atom is -0.368 e. The Hall–Kier alpha value is -2.21. The average Bonchev–Trinajstić information content (AvgIpc) is 2.97. The summed E-state index contributed by atoms with van der Waals surface area (Å²) in [6.07, 6.45) is 7.04. The van der Waals surface area contributed by atoms with Gasteiger partial charge in [0.05, 0.1) is 5.39 Å². The van der Waals surface area contributed by atoms with Crippen LogP contribution in [0.5, 0.6) is 0 Å². The van der Waals surface area contributed by atoms with Crippen molar-refractivity contribution in [1.29, 1.82) is 0 Å². The maximum absolute atomic E-state index is 4.49. The molecular formula is C18H21N5S. The Morgan fingerprint density at radius 3 is 2.96 bits per heavy atom. The van der Waals surface area contributed by atoms with E-state index >= 15 is 0 Å². The Bertz CT molecular complexity index is 830. The molecule has 6 heteroatoms. The maximum atomic E-state index is 4.49. The van der Waals surface area contributed by atoms with Crippen LogP contribution >= 0.6 is 11.3 Å². The first-order chi connectivity index (χ1) is 11.8. The van der Waals surface area contributed by atoms with Crippen LogP contribution in [0.3, 0.4) is 0 Å². The van der Waals surface area contributed by atoms with E-state index in [2.05, 4.69) is 32.5 Å².